The van der Waals surface area contributed by atoms with Crippen LogP contribution >= 0.6 is 0 Å². The monoisotopic (exact) mass is 434 g/mol. The van der Waals surface area contributed by atoms with Crippen molar-refractivity contribution in [2.45, 2.75) is 13.0 Å². The number of benzene rings is 1. The largest absolute Gasteiger partial charge is 0.370 e. The predicted octanol–water partition coefficient (Wildman–Crippen LogP) is 2.75. The van der Waals surface area contributed by atoms with Gasteiger partial charge in [0.05, 0.1) is 29.4 Å². The molecule has 3 aromatic heterocycles. The molecule has 0 bridgehead atoms. The third-order valence-corrected chi connectivity index (χ3v) is 5.88. The van der Waals surface area contributed by atoms with Gasteiger partial charge in [-0.05, 0) is 31.2 Å². The molecule has 5 rings (SSSR count). The lowest BCUT2D eigenvalue weighted by atomic mass is 10.1. The molecule has 0 unspecified atom stereocenters. The summed E-state index contributed by atoms with van der Waals surface area (Å²) >= 11 is 0. The molecule has 0 saturated carbocycles. The summed E-state index contributed by atoms with van der Waals surface area (Å²) < 4.78 is 22.8. The maximum absolute atomic E-state index is 13.6. The predicted molar refractivity (Wildman–Crippen MR) is 119 cm³/mol. The molecule has 0 radical (unpaired) electrons. The quantitative estimate of drug-likeness (QED) is 0.494. The standard InChI is InChI=1S/C23H23FN6O2/c1-14-26-18-10-20(30-8-9-32-19(13-30)16-11-25-28(2)12-16)27-22(21(18)23(31)29(14)3)15-4-6-17(24)7-5-15/h4-7,10-12,19H,8-9,13H2,1-3H3/t19-/m0/s1. The highest BCUT2D eigenvalue weighted by Gasteiger charge is 2.26. The summed E-state index contributed by atoms with van der Waals surface area (Å²) in [7, 11) is 3.56. The molecular formula is C23H23FN6O2. The lowest BCUT2D eigenvalue weighted by Crippen LogP contribution is -2.39. The lowest BCUT2D eigenvalue weighted by molar-refractivity contribution is 0.0395. The first-order valence-corrected chi connectivity index (χ1v) is 10.4. The number of morpholine rings is 1. The van der Waals surface area contributed by atoms with Crippen molar-refractivity contribution >= 4 is 16.7 Å². The Labute approximate surface area is 183 Å². The van der Waals surface area contributed by atoms with E-state index in [4.69, 9.17) is 9.72 Å². The van der Waals surface area contributed by atoms with Crippen LogP contribution in [0.3, 0.4) is 0 Å². The van der Waals surface area contributed by atoms with E-state index in [0.717, 1.165) is 5.56 Å². The number of ether oxygens (including phenoxy) is 1. The SMILES string of the molecule is Cc1nc2cc(N3CCO[C@H](c4cnn(C)c4)C3)nc(-c3ccc(F)cc3)c2c(=O)n1C. The molecule has 164 valence electrons. The molecule has 1 saturated heterocycles. The molecule has 1 fully saturated rings. The molecule has 0 amide bonds. The van der Waals surface area contributed by atoms with Crippen molar-refractivity contribution in [1.82, 2.24) is 24.3 Å². The van der Waals surface area contributed by atoms with Gasteiger partial charge in [0.2, 0.25) is 0 Å². The zero-order chi connectivity index (χ0) is 22.4. The van der Waals surface area contributed by atoms with Crippen LogP contribution in [-0.4, -0.2) is 44.0 Å². The van der Waals surface area contributed by atoms with Crippen molar-refractivity contribution in [3.63, 3.8) is 0 Å². The minimum atomic E-state index is -0.344. The van der Waals surface area contributed by atoms with E-state index in [0.29, 0.717) is 53.5 Å². The van der Waals surface area contributed by atoms with Gasteiger partial charge in [-0.25, -0.2) is 14.4 Å². The van der Waals surface area contributed by atoms with Crippen molar-refractivity contribution in [2.24, 2.45) is 14.1 Å². The zero-order valence-electron chi connectivity index (χ0n) is 18.1. The lowest BCUT2D eigenvalue weighted by Gasteiger charge is -2.33. The van der Waals surface area contributed by atoms with Gasteiger partial charge in [-0.3, -0.25) is 14.0 Å². The van der Waals surface area contributed by atoms with E-state index in [1.54, 1.807) is 37.0 Å². The van der Waals surface area contributed by atoms with Crippen LogP contribution in [0.4, 0.5) is 10.2 Å². The van der Waals surface area contributed by atoms with E-state index in [1.165, 1.54) is 16.7 Å². The second-order valence-corrected chi connectivity index (χ2v) is 8.01. The smallest absolute Gasteiger partial charge is 0.263 e. The fourth-order valence-electron chi connectivity index (χ4n) is 4.03. The van der Waals surface area contributed by atoms with Gasteiger partial charge < -0.3 is 9.64 Å². The first kappa shape index (κ1) is 20.3. The molecule has 0 N–H and O–H groups in total. The number of nitrogens with zero attached hydrogens (tertiary/aromatic N) is 6. The Hall–Kier alpha value is -3.59. The third kappa shape index (κ3) is 3.54. The summed E-state index contributed by atoms with van der Waals surface area (Å²) in [5, 5.41) is 4.67. The molecule has 32 heavy (non-hydrogen) atoms. The number of hydrogen-bond acceptors (Lipinski definition) is 6. The maximum Gasteiger partial charge on any atom is 0.263 e. The molecule has 1 aromatic carbocycles. The third-order valence-electron chi connectivity index (χ3n) is 5.88. The van der Waals surface area contributed by atoms with Gasteiger partial charge >= 0.3 is 0 Å². The molecule has 9 heteroatoms. The van der Waals surface area contributed by atoms with Crippen molar-refractivity contribution in [3.05, 3.63) is 70.3 Å². The molecule has 8 nitrogen and oxygen atoms in total. The first-order valence-electron chi connectivity index (χ1n) is 10.4. The minimum Gasteiger partial charge on any atom is -0.370 e. The van der Waals surface area contributed by atoms with Crippen LogP contribution < -0.4 is 10.5 Å². The highest BCUT2D eigenvalue weighted by molar-refractivity contribution is 5.93. The van der Waals surface area contributed by atoms with Crippen LogP contribution in [-0.2, 0) is 18.8 Å². The molecule has 0 aliphatic carbocycles. The second kappa shape index (κ2) is 7.83. The summed E-state index contributed by atoms with van der Waals surface area (Å²) in [6.07, 6.45) is 3.61. The highest BCUT2D eigenvalue weighted by Crippen LogP contribution is 2.31. The number of aromatic nitrogens is 5. The number of aryl methyl sites for hydroxylation is 2. The van der Waals surface area contributed by atoms with Crippen molar-refractivity contribution < 1.29 is 9.13 Å². The van der Waals surface area contributed by atoms with Gasteiger partial charge in [-0.2, -0.15) is 5.10 Å². The van der Waals surface area contributed by atoms with Crippen LogP contribution in [0.5, 0.6) is 0 Å². The van der Waals surface area contributed by atoms with Crippen LogP contribution in [0, 0.1) is 12.7 Å². The van der Waals surface area contributed by atoms with E-state index < -0.39 is 0 Å². The topological polar surface area (TPSA) is 78.1 Å². The van der Waals surface area contributed by atoms with Gasteiger partial charge in [-0.15, -0.1) is 0 Å². The number of hydrogen-bond donors (Lipinski definition) is 0. The van der Waals surface area contributed by atoms with Crippen molar-refractivity contribution in [2.75, 3.05) is 24.6 Å². The average Bonchev–Trinajstić information content (AvgIpc) is 3.24. The Kier molecular flexibility index (Phi) is 4.97. The van der Waals surface area contributed by atoms with E-state index >= 15 is 0 Å². The van der Waals surface area contributed by atoms with Gasteiger partial charge in [0.1, 0.15) is 23.6 Å². The summed E-state index contributed by atoms with van der Waals surface area (Å²) in [5.74, 6) is 0.970. The normalized spacial score (nSPS) is 16.6. The van der Waals surface area contributed by atoms with Crippen LogP contribution in [0.2, 0.25) is 0 Å². The Balaban J connectivity index is 1.64. The first-order chi connectivity index (χ1) is 15.4. The number of halogens is 1. The van der Waals surface area contributed by atoms with Crippen molar-refractivity contribution in [3.8, 4) is 11.3 Å². The second-order valence-electron chi connectivity index (χ2n) is 8.01. The number of rotatable bonds is 3. The van der Waals surface area contributed by atoms with E-state index in [-0.39, 0.29) is 17.5 Å². The average molecular weight is 434 g/mol. The highest BCUT2D eigenvalue weighted by atomic mass is 19.1. The summed E-state index contributed by atoms with van der Waals surface area (Å²) in [6, 6.07) is 7.86. The number of anilines is 1. The Morgan fingerprint density at radius 2 is 1.94 bits per heavy atom. The van der Waals surface area contributed by atoms with E-state index in [1.807, 2.05) is 19.3 Å². The van der Waals surface area contributed by atoms with Crippen LogP contribution in [0.15, 0.2) is 47.5 Å². The van der Waals surface area contributed by atoms with Gasteiger partial charge in [-0.1, -0.05) is 0 Å². The van der Waals surface area contributed by atoms with E-state index in [2.05, 4.69) is 15.0 Å². The Morgan fingerprint density at radius 3 is 2.66 bits per heavy atom. The molecule has 1 atom stereocenters. The molecule has 4 heterocycles. The maximum atomic E-state index is 13.6. The fourth-order valence-corrected chi connectivity index (χ4v) is 4.03. The van der Waals surface area contributed by atoms with E-state index in [9.17, 15) is 9.18 Å². The van der Waals surface area contributed by atoms with Gasteiger partial charge in [0, 0.05) is 50.6 Å². The van der Waals surface area contributed by atoms with Gasteiger partial charge in [0.15, 0.2) is 0 Å². The molecule has 1 aliphatic rings. The number of fused-ring (bicyclic) bond motifs is 1. The summed E-state index contributed by atoms with van der Waals surface area (Å²) in [6.45, 7) is 3.58. The Morgan fingerprint density at radius 1 is 1.16 bits per heavy atom. The number of pyridine rings is 1. The van der Waals surface area contributed by atoms with Crippen LogP contribution in [0.25, 0.3) is 22.2 Å². The van der Waals surface area contributed by atoms with Gasteiger partial charge in [0.25, 0.3) is 5.56 Å². The molecule has 0 spiro atoms. The zero-order valence-corrected chi connectivity index (χ0v) is 18.1. The van der Waals surface area contributed by atoms with Crippen molar-refractivity contribution in [1.29, 1.82) is 0 Å². The molecular weight excluding hydrogens is 411 g/mol. The Bertz CT molecular complexity index is 1360. The summed E-state index contributed by atoms with van der Waals surface area (Å²) in [5.41, 5.74) is 2.55. The summed E-state index contributed by atoms with van der Waals surface area (Å²) in [4.78, 5) is 24.7. The molecule has 1 aliphatic heterocycles. The minimum absolute atomic E-state index is 0.137. The molecule has 4 aromatic rings. The fraction of sp³-hybridized carbons (Fsp3) is 0.304. The van der Waals surface area contributed by atoms with Crippen LogP contribution in [0.1, 0.15) is 17.5 Å².